The van der Waals surface area contributed by atoms with Gasteiger partial charge in [0.25, 0.3) is 0 Å². The number of aliphatic hydroxyl groups is 1. The monoisotopic (exact) mass is 270 g/mol. The maximum atomic E-state index is 11.0. The highest BCUT2D eigenvalue weighted by Gasteiger charge is 2.17. The number of benzene rings is 1. The zero-order chi connectivity index (χ0) is 14.3. The van der Waals surface area contributed by atoms with Gasteiger partial charge in [-0.05, 0) is 18.7 Å². The number of nitrogens with one attached hydrogen (secondary N) is 1. The molecule has 1 atom stereocenters. The van der Waals surface area contributed by atoms with Crippen molar-refractivity contribution in [3.8, 4) is 5.75 Å². The fraction of sp³-hybridized carbons (Fsp3) is 0.500. The van der Waals surface area contributed by atoms with Crippen LogP contribution in [0.2, 0.25) is 0 Å². The quantitative estimate of drug-likeness (QED) is 0.533. The van der Waals surface area contributed by atoms with E-state index in [4.69, 9.17) is 9.47 Å². The molecule has 0 amide bonds. The third-order valence-corrected chi connectivity index (χ3v) is 2.39. The molecule has 0 aromatic heterocycles. The van der Waals surface area contributed by atoms with Gasteiger partial charge >= 0.3 is 5.69 Å². The van der Waals surface area contributed by atoms with Crippen LogP contribution in [0.25, 0.3) is 0 Å². The second kappa shape index (κ2) is 7.67. The van der Waals surface area contributed by atoms with Gasteiger partial charge in [-0.1, -0.05) is 6.07 Å². The zero-order valence-electron chi connectivity index (χ0n) is 11.0. The molecule has 1 aromatic carbocycles. The van der Waals surface area contributed by atoms with Crippen LogP contribution in [-0.4, -0.2) is 43.5 Å². The Hall–Kier alpha value is -1.70. The Balaban J connectivity index is 2.79. The van der Waals surface area contributed by atoms with E-state index >= 15 is 0 Å². The van der Waals surface area contributed by atoms with Gasteiger partial charge in [0.2, 0.25) is 0 Å². The van der Waals surface area contributed by atoms with Crippen LogP contribution >= 0.6 is 0 Å². The third kappa shape index (κ3) is 4.82. The fourth-order valence-electron chi connectivity index (χ4n) is 1.57. The lowest BCUT2D eigenvalue weighted by atomic mass is 10.2. The molecule has 0 radical (unpaired) electrons. The highest BCUT2D eigenvalue weighted by Crippen LogP contribution is 2.28. The summed E-state index contributed by atoms with van der Waals surface area (Å²) in [5, 5.41) is 23.3. The predicted octanol–water partition coefficient (Wildman–Crippen LogP) is 0.700. The minimum atomic E-state index is -0.818. The van der Waals surface area contributed by atoms with Crippen molar-refractivity contribution in [3.63, 3.8) is 0 Å². The van der Waals surface area contributed by atoms with Gasteiger partial charge < -0.3 is 19.9 Å². The Morgan fingerprint density at radius 3 is 2.79 bits per heavy atom. The van der Waals surface area contributed by atoms with E-state index in [-0.39, 0.29) is 24.7 Å². The molecule has 106 valence electrons. The molecule has 0 bridgehead atoms. The number of ether oxygens (including phenoxy) is 2. The van der Waals surface area contributed by atoms with Crippen molar-refractivity contribution < 1.29 is 19.5 Å². The molecule has 1 aromatic rings. The summed E-state index contributed by atoms with van der Waals surface area (Å²) in [6, 6.07) is 4.72. The van der Waals surface area contributed by atoms with Crippen molar-refractivity contribution in [2.24, 2.45) is 0 Å². The van der Waals surface area contributed by atoms with Gasteiger partial charge in [0.1, 0.15) is 12.7 Å². The largest absolute Gasteiger partial charge is 0.484 e. The molecule has 0 spiro atoms. The minimum Gasteiger partial charge on any atom is -0.484 e. The van der Waals surface area contributed by atoms with Crippen LogP contribution in [0.3, 0.4) is 0 Å². The molecule has 19 heavy (non-hydrogen) atoms. The smallest absolute Gasteiger partial charge is 0.311 e. The molecule has 0 aliphatic rings. The van der Waals surface area contributed by atoms with Crippen LogP contribution in [0.1, 0.15) is 5.56 Å². The summed E-state index contributed by atoms with van der Waals surface area (Å²) in [5.41, 5.74) is 0.677. The Morgan fingerprint density at radius 2 is 2.21 bits per heavy atom. The first-order chi connectivity index (χ1) is 9.08. The van der Waals surface area contributed by atoms with E-state index in [0.29, 0.717) is 6.54 Å². The number of nitrogens with zero attached hydrogens (tertiary/aromatic N) is 1. The van der Waals surface area contributed by atoms with Gasteiger partial charge in [-0.25, -0.2) is 0 Å². The van der Waals surface area contributed by atoms with Gasteiger partial charge in [0.05, 0.1) is 11.5 Å². The summed E-state index contributed by atoms with van der Waals surface area (Å²) in [5.74, 6) is 0.139. The first kappa shape index (κ1) is 15.4. The molecule has 0 aliphatic carbocycles. The summed E-state index contributed by atoms with van der Waals surface area (Å²) in [6.45, 7) is 0.596. The molecule has 0 saturated heterocycles. The Labute approximate surface area is 111 Å². The molecule has 7 heteroatoms. The molecule has 0 fully saturated rings. The van der Waals surface area contributed by atoms with Crippen molar-refractivity contribution in [1.29, 1.82) is 0 Å². The second-order valence-corrected chi connectivity index (χ2v) is 4.01. The average molecular weight is 270 g/mol. The number of rotatable bonds is 8. The number of methoxy groups -OCH3 is 1. The SMILES string of the molecule is CNCc1ccc(OCC(O)COC)c([N+](=O)[O-])c1. The second-order valence-electron chi connectivity index (χ2n) is 4.01. The number of hydrogen-bond acceptors (Lipinski definition) is 6. The van der Waals surface area contributed by atoms with E-state index in [0.717, 1.165) is 5.56 Å². The number of hydrogen-bond donors (Lipinski definition) is 2. The topological polar surface area (TPSA) is 93.9 Å². The maximum absolute atomic E-state index is 11.0. The van der Waals surface area contributed by atoms with Crippen LogP contribution in [0.15, 0.2) is 18.2 Å². The van der Waals surface area contributed by atoms with Crippen LogP contribution < -0.4 is 10.1 Å². The van der Waals surface area contributed by atoms with Crippen LogP contribution in [-0.2, 0) is 11.3 Å². The van der Waals surface area contributed by atoms with E-state index in [1.807, 2.05) is 0 Å². The molecule has 1 unspecified atom stereocenters. The standard InChI is InChI=1S/C12H18N2O5/c1-13-6-9-3-4-12(11(5-9)14(16)17)19-8-10(15)7-18-2/h3-5,10,13,15H,6-8H2,1-2H3. The van der Waals surface area contributed by atoms with Gasteiger partial charge in [0, 0.05) is 19.7 Å². The van der Waals surface area contributed by atoms with Crippen molar-refractivity contribution in [3.05, 3.63) is 33.9 Å². The van der Waals surface area contributed by atoms with Crippen LogP contribution in [0.5, 0.6) is 5.75 Å². The van der Waals surface area contributed by atoms with Crippen molar-refractivity contribution in [2.75, 3.05) is 27.4 Å². The van der Waals surface area contributed by atoms with Gasteiger partial charge in [-0.2, -0.15) is 0 Å². The summed E-state index contributed by atoms with van der Waals surface area (Å²) in [6.07, 6.45) is -0.818. The first-order valence-electron chi connectivity index (χ1n) is 5.80. The Morgan fingerprint density at radius 1 is 1.47 bits per heavy atom. The van der Waals surface area contributed by atoms with Crippen molar-refractivity contribution in [2.45, 2.75) is 12.6 Å². The molecule has 0 aliphatic heterocycles. The third-order valence-electron chi connectivity index (χ3n) is 2.39. The lowest BCUT2D eigenvalue weighted by Crippen LogP contribution is -2.22. The van der Waals surface area contributed by atoms with Crippen molar-refractivity contribution in [1.82, 2.24) is 5.32 Å². The molecule has 2 N–H and O–H groups in total. The van der Waals surface area contributed by atoms with E-state index in [9.17, 15) is 15.2 Å². The lowest BCUT2D eigenvalue weighted by molar-refractivity contribution is -0.386. The van der Waals surface area contributed by atoms with E-state index in [2.05, 4.69) is 5.32 Å². The summed E-state index contributed by atoms with van der Waals surface area (Å²) < 4.78 is 10.0. The molecule has 0 heterocycles. The first-order valence-corrected chi connectivity index (χ1v) is 5.80. The van der Waals surface area contributed by atoms with Crippen LogP contribution in [0.4, 0.5) is 5.69 Å². The average Bonchev–Trinajstić information content (AvgIpc) is 2.37. The summed E-state index contributed by atoms with van der Waals surface area (Å²) in [4.78, 5) is 10.5. The maximum Gasteiger partial charge on any atom is 0.311 e. The van der Waals surface area contributed by atoms with Gasteiger partial charge in [-0.3, -0.25) is 10.1 Å². The normalized spacial score (nSPS) is 12.2. The van der Waals surface area contributed by atoms with E-state index < -0.39 is 11.0 Å². The van der Waals surface area contributed by atoms with E-state index in [1.54, 1.807) is 13.1 Å². The Kier molecular flexibility index (Phi) is 6.20. The highest BCUT2D eigenvalue weighted by molar-refractivity contribution is 5.48. The fourth-order valence-corrected chi connectivity index (χ4v) is 1.57. The predicted molar refractivity (Wildman–Crippen MR) is 69.2 cm³/mol. The zero-order valence-corrected chi connectivity index (χ0v) is 11.0. The Bertz CT molecular complexity index is 425. The van der Waals surface area contributed by atoms with E-state index in [1.165, 1.54) is 19.2 Å². The number of nitro groups is 1. The number of aliphatic hydroxyl groups excluding tert-OH is 1. The number of nitro benzene ring substituents is 1. The molecule has 0 saturated carbocycles. The highest BCUT2D eigenvalue weighted by atomic mass is 16.6. The molecule has 1 rings (SSSR count). The van der Waals surface area contributed by atoms with Gasteiger partial charge in [0.15, 0.2) is 5.75 Å². The summed E-state index contributed by atoms with van der Waals surface area (Å²) >= 11 is 0. The molecular weight excluding hydrogens is 252 g/mol. The van der Waals surface area contributed by atoms with Crippen LogP contribution in [0, 0.1) is 10.1 Å². The van der Waals surface area contributed by atoms with Crippen molar-refractivity contribution >= 4 is 5.69 Å². The molecular formula is C12H18N2O5. The minimum absolute atomic E-state index is 0.0555. The lowest BCUT2D eigenvalue weighted by Gasteiger charge is -2.12. The molecule has 7 nitrogen and oxygen atoms in total. The van der Waals surface area contributed by atoms with Gasteiger partial charge in [-0.15, -0.1) is 0 Å². The summed E-state index contributed by atoms with van der Waals surface area (Å²) in [7, 11) is 3.22.